The summed E-state index contributed by atoms with van der Waals surface area (Å²) in [5.41, 5.74) is 0.675. The van der Waals surface area contributed by atoms with E-state index in [4.69, 9.17) is 0 Å². The number of hydrogen-bond acceptors (Lipinski definition) is 3. The average Bonchev–Trinajstić information content (AvgIpc) is 2.67. The number of thioether (sulfide) groups is 1. The first-order valence-corrected chi connectivity index (χ1v) is 9.12. The molecule has 0 atom stereocenters. The predicted octanol–water partition coefficient (Wildman–Crippen LogP) is 2.90. The Bertz CT molecular complexity index is 729. The lowest BCUT2D eigenvalue weighted by atomic mass is 10.2. The van der Waals surface area contributed by atoms with Gasteiger partial charge in [0.15, 0.2) is 0 Å². The van der Waals surface area contributed by atoms with Crippen LogP contribution < -0.4 is 0 Å². The SMILES string of the molecule is O=C(CSc1ccc(F)cc1)N1CCN(C(=O)c2ccccc2)CC1. The second-order valence-corrected chi connectivity index (χ2v) is 6.83. The van der Waals surface area contributed by atoms with Crippen LogP contribution in [0.1, 0.15) is 10.4 Å². The van der Waals surface area contributed by atoms with Crippen LogP contribution in [0.4, 0.5) is 4.39 Å². The maximum atomic E-state index is 12.9. The van der Waals surface area contributed by atoms with E-state index in [2.05, 4.69) is 0 Å². The molecule has 25 heavy (non-hydrogen) atoms. The molecule has 3 rings (SSSR count). The summed E-state index contributed by atoms with van der Waals surface area (Å²) in [7, 11) is 0. The van der Waals surface area contributed by atoms with Gasteiger partial charge >= 0.3 is 0 Å². The lowest BCUT2D eigenvalue weighted by Gasteiger charge is -2.34. The molecule has 0 aliphatic carbocycles. The van der Waals surface area contributed by atoms with Gasteiger partial charge in [0, 0.05) is 36.6 Å². The molecule has 2 aromatic carbocycles. The van der Waals surface area contributed by atoms with Crippen molar-refractivity contribution in [2.75, 3.05) is 31.9 Å². The van der Waals surface area contributed by atoms with Gasteiger partial charge in [-0.3, -0.25) is 9.59 Å². The minimum absolute atomic E-state index is 0.00776. The van der Waals surface area contributed by atoms with E-state index in [0.717, 1.165) is 4.90 Å². The van der Waals surface area contributed by atoms with Gasteiger partial charge in [0.25, 0.3) is 5.91 Å². The maximum absolute atomic E-state index is 12.9. The van der Waals surface area contributed by atoms with E-state index in [1.54, 1.807) is 34.1 Å². The van der Waals surface area contributed by atoms with Gasteiger partial charge < -0.3 is 9.80 Å². The number of amides is 2. The standard InChI is InChI=1S/C19H19FN2O2S/c20-16-6-8-17(9-7-16)25-14-18(23)21-10-12-22(13-11-21)19(24)15-4-2-1-3-5-15/h1-9H,10-14H2. The molecule has 0 radical (unpaired) electrons. The fraction of sp³-hybridized carbons (Fsp3) is 0.263. The van der Waals surface area contributed by atoms with Crippen molar-refractivity contribution in [3.8, 4) is 0 Å². The molecule has 2 amide bonds. The molecule has 1 heterocycles. The third-order valence-electron chi connectivity index (χ3n) is 4.12. The van der Waals surface area contributed by atoms with Gasteiger partial charge in [-0.15, -0.1) is 11.8 Å². The van der Waals surface area contributed by atoms with Crippen molar-refractivity contribution in [1.82, 2.24) is 9.80 Å². The van der Waals surface area contributed by atoms with Crippen LogP contribution in [-0.2, 0) is 4.79 Å². The van der Waals surface area contributed by atoms with Crippen molar-refractivity contribution >= 4 is 23.6 Å². The van der Waals surface area contributed by atoms with Gasteiger partial charge in [-0.2, -0.15) is 0 Å². The Morgan fingerprint density at radius 2 is 1.48 bits per heavy atom. The normalized spacial score (nSPS) is 14.4. The van der Waals surface area contributed by atoms with Crippen molar-refractivity contribution in [3.63, 3.8) is 0 Å². The number of benzene rings is 2. The van der Waals surface area contributed by atoms with Crippen molar-refractivity contribution < 1.29 is 14.0 Å². The van der Waals surface area contributed by atoms with Gasteiger partial charge in [-0.05, 0) is 36.4 Å². The van der Waals surface area contributed by atoms with Gasteiger partial charge in [-0.1, -0.05) is 18.2 Å². The van der Waals surface area contributed by atoms with Crippen LogP contribution in [-0.4, -0.2) is 53.5 Å². The molecule has 1 saturated heterocycles. The summed E-state index contributed by atoms with van der Waals surface area (Å²) >= 11 is 1.40. The Labute approximate surface area is 150 Å². The number of rotatable bonds is 4. The zero-order valence-electron chi connectivity index (χ0n) is 13.7. The molecule has 0 aromatic heterocycles. The molecule has 0 spiro atoms. The van der Waals surface area contributed by atoms with E-state index in [0.29, 0.717) is 37.5 Å². The fourth-order valence-corrected chi connectivity index (χ4v) is 3.49. The first kappa shape index (κ1) is 17.5. The summed E-state index contributed by atoms with van der Waals surface area (Å²) in [6.07, 6.45) is 0. The summed E-state index contributed by atoms with van der Waals surface area (Å²) in [6, 6.07) is 15.3. The molecular formula is C19H19FN2O2S. The Hall–Kier alpha value is -2.34. The summed E-state index contributed by atoms with van der Waals surface area (Å²) in [5.74, 6) is 0.0857. The second-order valence-electron chi connectivity index (χ2n) is 5.78. The van der Waals surface area contributed by atoms with Crippen LogP contribution in [0, 0.1) is 5.82 Å². The van der Waals surface area contributed by atoms with Gasteiger partial charge in [0.1, 0.15) is 5.82 Å². The molecule has 0 bridgehead atoms. The van der Waals surface area contributed by atoms with Crippen molar-refractivity contribution in [2.24, 2.45) is 0 Å². The van der Waals surface area contributed by atoms with Crippen LogP contribution in [0.25, 0.3) is 0 Å². The van der Waals surface area contributed by atoms with E-state index in [1.165, 1.54) is 23.9 Å². The lowest BCUT2D eigenvalue weighted by Crippen LogP contribution is -2.51. The highest BCUT2D eigenvalue weighted by Crippen LogP contribution is 2.19. The monoisotopic (exact) mass is 358 g/mol. The third kappa shape index (κ3) is 4.60. The van der Waals surface area contributed by atoms with Crippen molar-refractivity contribution in [1.29, 1.82) is 0 Å². The molecule has 0 saturated carbocycles. The summed E-state index contributed by atoms with van der Waals surface area (Å²) in [6.45, 7) is 2.17. The van der Waals surface area contributed by atoms with Crippen molar-refractivity contribution in [2.45, 2.75) is 4.90 Å². The van der Waals surface area contributed by atoms with E-state index in [1.807, 2.05) is 18.2 Å². The number of piperazine rings is 1. The molecule has 4 nitrogen and oxygen atoms in total. The summed E-state index contributed by atoms with van der Waals surface area (Å²) < 4.78 is 12.9. The van der Waals surface area contributed by atoms with E-state index in [-0.39, 0.29) is 17.6 Å². The topological polar surface area (TPSA) is 40.6 Å². The Kier molecular flexibility index (Phi) is 5.71. The van der Waals surface area contributed by atoms with Crippen molar-refractivity contribution in [3.05, 3.63) is 66.0 Å². The Morgan fingerprint density at radius 3 is 2.12 bits per heavy atom. The first-order valence-electron chi connectivity index (χ1n) is 8.14. The van der Waals surface area contributed by atoms with E-state index < -0.39 is 0 Å². The number of halogens is 1. The largest absolute Gasteiger partial charge is 0.338 e. The minimum atomic E-state index is -0.283. The highest BCUT2D eigenvalue weighted by atomic mass is 32.2. The van der Waals surface area contributed by atoms with E-state index >= 15 is 0 Å². The van der Waals surface area contributed by atoms with Gasteiger partial charge in [0.05, 0.1) is 5.75 Å². The Balaban J connectivity index is 1.47. The van der Waals surface area contributed by atoms with Crippen LogP contribution in [0.5, 0.6) is 0 Å². The smallest absolute Gasteiger partial charge is 0.253 e. The molecular weight excluding hydrogens is 339 g/mol. The molecule has 1 aliphatic heterocycles. The summed E-state index contributed by atoms with van der Waals surface area (Å²) in [4.78, 5) is 29.1. The van der Waals surface area contributed by atoms with Gasteiger partial charge in [-0.25, -0.2) is 4.39 Å². The van der Waals surface area contributed by atoms with Crippen LogP contribution in [0.15, 0.2) is 59.5 Å². The van der Waals surface area contributed by atoms with Crippen LogP contribution in [0.2, 0.25) is 0 Å². The molecule has 0 N–H and O–H groups in total. The zero-order chi connectivity index (χ0) is 17.6. The number of carbonyl (C=O) groups is 2. The average molecular weight is 358 g/mol. The second kappa shape index (κ2) is 8.16. The van der Waals surface area contributed by atoms with Crippen LogP contribution in [0.3, 0.4) is 0 Å². The summed E-state index contributed by atoms with van der Waals surface area (Å²) in [5, 5.41) is 0. The van der Waals surface area contributed by atoms with Crippen LogP contribution >= 0.6 is 11.8 Å². The minimum Gasteiger partial charge on any atom is -0.338 e. The number of nitrogens with zero attached hydrogens (tertiary/aromatic N) is 2. The fourth-order valence-electron chi connectivity index (χ4n) is 2.69. The zero-order valence-corrected chi connectivity index (χ0v) is 14.5. The molecule has 1 aliphatic rings. The molecule has 1 fully saturated rings. The molecule has 130 valence electrons. The lowest BCUT2D eigenvalue weighted by molar-refractivity contribution is -0.129. The third-order valence-corrected chi connectivity index (χ3v) is 5.11. The van der Waals surface area contributed by atoms with E-state index in [9.17, 15) is 14.0 Å². The predicted molar refractivity (Wildman–Crippen MR) is 96.0 cm³/mol. The Morgan fingerprint density at radius 1 is 0.880 bits per heavy atom. The molecule has 2 aromatic rings. The molecule has 6 heteroatoms. The maximum Gasteiger partial charge on any atom is 0.253 e. The number of carbonyl (C=O) groups excluding carboxylic acids is 2. The quantitative estimate of drug-likeness (QED) is 0.789. The highest BCUT2D eigenvalue weighted by Gasteiger charge is 2.24. The molecule has 0 unspecified atom stereocenters. The highest BCUT2D eigenvalue weighted by molar-refractivity contribution is 8.00. The number of hydrogen-bond donors (Lipinski definition) is 0. The first-order chi connectivity index (χ1) is 12.1. The van der Waals surface area contributed by atoms with Gasteiger partial charge in [0.2, 0.25) is 5.91 Å².